The third-order valence-corrected chi connectivity index (χ3v) is 1.91. The van der Waals surface area contributed by atoms with Gasteiger partial charge in [0.1, 0.15) is 0 Å². The average Bonchev–Trinajstić information content (AvgIpc) is 2.03. The molecule has 1 amide bonds. The van der Waals surface area contributed by atoms with Crippen molar-refractivity contribution in [2.75, 3.05) is 6.54 Å². The molecule has 0 aliphatic rings. The van der Waals surface area contributed by atoms with Crippen molar-refractivity contribution in [1.82, 2.24) is 5.32 Å². The van der Waals surface area contributed by atoms with Crippen molar-refractivity contribution in [1.29, 1.82) is 0 Å². The van der Waals surface area contributed by atoms with E-state index in [1.54, 1.807) is 0 Å². The minimum atomic E-state index is -0.0655. The minimum absolute atomic E-state index is 0.0655. The fourth-order valence-corrected chi connectivity index (χ4v) is 0.997. The molecule has 0 aliphatic carbocycles. The third-order valence-electron chi connectivity index (χ3n) is 1.91. The second-order valence-corrected chi connectivity index (χ2v) is 3.34. The Bertz CT molecular complexity index is 136. The van der Waals surface area contributed by atoms with Gasteiger partial charge in [-0.3, -0.25) is 4.79 Å². The summed E-state index contributed by atoms with van der Waals surface area (Å²) in [5.74, 6) is 0.00255. The summed E-state index contributed by atoms with van der Waals surface area (Å²) in [7, 11) is 0. The average molecular weight is 172 g/mol. The molecule has 3 nitrogen and oxygen atoms in total. The Labute approximate surface area is 74.7 Å². The van der Waals surface area contributed by atoms with Crippen LogP contribution in [0, 0.1) is 5.92 Å². The van der Waals surface area contributed by atoms with Crippen molar-refractivity contribution in [3.8, 4) is 0 Å². The lowest BCUT2D eigenvalue weighted by Gasteiger charge is -2.15. The summed E-state index contributed by atoms with van der Waals surface area (Å²) < 4.78 is 0. The highest BCUT2D eigenvalue weighted by molar-refractivity contribution is 5.78. The van der Waals surface area contributed by atoms with Gasteiger partial charge in [0.05, 0.1) is 0 Å². The predicted octanol–water partition coefficient (Wildman–Crippen LogP) is 0.886. The molecule has 0 fully saturated rings. The molecule has 0 spiro atoms. The summed E-state index contributed by atoms with van der Waals surface area (Å²) in [4.78, 5) is 11.3. The lowest BCUT2D eigenvalue weighted by atomic mass is 10.1. The van der Waals surface area contributed by atoms with Gasteiger partial charge in [0.2, 0.25) is 5.91 Å². The van der Waals surface area contributed by atoms with E-state index in [0.717, 1.165) is 12.8 Å². The van der Waals surface area contributed by atoms with Crippen molar-refractivity contribution in [2.45, 2.75) is 39.7 Å². The van der Waals surface area contributed by atoms with Gasteiger partial charge in [-0.15, -0.1) is 0 Å². The fraction of sp³-hybridized carbons (Fsp3) is 0.889. The second-order valence-electron chi connectivity index (χ2n) is 3.34. The van der Waals surface area contributed by atoms with Gasteiger partial charge in [-0.05, 0) is 13.3 Å². The molecule has 72 valence electrons. The number of hydrogen-bond acceptors (Lipinski definition) is 2. The molecule has 0 rings (SSSR count). The zero-order valence-electron chi connectivity index (χ0n) is 8.26. The van der Waals surface area contributed by atoms with Gasteiger partial charge < -0.3 is 11.1 Å². The van der Waals surface area contributed by atoms with Crippen molar-refractivity contribution >= 4 is 5.91 Å². The van der Waals surface area contributed by atoms with E-state index in [1.807, 2.05) is 13.8 Å². The smallest absolute Gasteiger partial charge is 0.224 e. The van der Waals surface area contributed by atoms with E-state index < -0.39 is 0 Å². The highest BCUT2D eigenvalue weighted by Gasteiger charge is 2.12. The Balaban J connectivity index is 3.67. The van der Waals surface area contributed by atoms with Gasteiger partial charge in [-0.2, -0.15) is 0 Å². The first kappa shape index (κ1) is 11.4. The summed E-state index contributed by atoms with van der Waals surface area (Å²) >= 11 is 0. The SMILES string of the molecule is CCCC(C)NC(=O)C(C)CN. The number of amides is 1. The van der Waals surface area contributed by atoms with E-state index in [9.17, 15) is 4.79 Å². The van der Waals surface area contributed by atoms with Crippen LogP contribution in [0.3, 0.4) is 0 Å². The van der Waals surface area contributed by atoms with Crippen molar-refractivity contribution < 1.29 is 4.79 Å². The molecule has 2 unspecified atom stereocenters. The zero-order valence-corrected chi connectivity index (χ0v) is 8.26. The standard InChI is InChI=1S/C9H20N2O/c1-4-5-8(3)11-9(12)7(2)6-10/h7-8H,4-6,10H2,1-3H3,(H,11,12). The summed E-state index contributed by atoms with van der Waals surface area (Å²) in [6, 6.07) is 0.275. The van der Waals surface area contributed by atoms with Crippen LogP contribution >= 0.6 is 0 Å². The molecule has 3 heteroatoms. The fourth-order valence-electron chi connectivity index (χ4n) is 0.997. The maximum absolute atomic E-state index is 11.3. The Morgan fingerprint density at radius 2 is 2.08 bits per heavy atom. The van der Waals surface area contributed by atoms with E-state index in [2.05, 4.69) is 12.2 Å². The topological polar surface area (TPSA) is 55.1 Å². The van der Waals surface area contributed by atoms with E-state index >= 15 is 0 Å². The number of nitrogens with one attached hydrogen (secondary N) is 1. The molecule has 3 N–H and O–H groups in total. The van der Waals surface area contributed by atoms with Gasteiger partial charge >= 0.3 is 0 Å². The number of rotatable bonds is 5. The molecule has 12 heavy (non-hydrogen) atoms. The third kappa shape index (κ3) is 4.34. The van der Waals surface area contributed by atoms with Crippen molar-refractivity contribution in [3.63, 3.8) is 0 Å². The Morgan fingerprint density at radius 3 is 2.50 bits per heavy atom. The van der Waals surface area contributed by atoms with E-state index in [0.29, 0.717) is 6.54 Å². The number of carbonyl (C=O) groups is 1. The molecule has 0 aliphatic heterocycles. The Hall–Kier alpha value is -0.570. The van der Waals surface area contributed by atoms with Crippen LogP contribution in [0.15, 0.2) is 0 Å². The molecule has 0 aromatic rings. The molecular weight excluding hydrogens is 152 g/mol. The predicted molar refractivity (Wildman–Crippen MR) is 50.7 cm³/mol. The van der Waals surface area contributed by atoms with Gasteiger partial charge in [-0.1, -0.05) is 20.3 Å². The number of carbonyl (C=O) groups excluding carboxylic acids is 1. The molecule has 2 atom stereocenters. The van der Waals surface area contributed by atoms with Crippen molar-refractivity contribution in [3.05, 3.63) is 0 Å². The van der Waals surface area contributed by atoms with Crippen LogP contribution in [0.25, 0.3) is 0 Å². The number of nitrogens with two attached hydrogens (primary N) is 1. The van der Waals surface area contributed by atoms with Crippen LogP contribution in [-0.4, -0.2) is 18.5 Å². The van der Waals surface area contributed by atoms with Gasteiger partial charge in [-0.25, -0.2) is 0 Å². The van der Waals surface area contributed by atoms with Crippen LogP contribution in [-0.2, 0) is 4.79 Å². The van der Waals surface area contributed by atoms with Crippen LogP contribution < -0.4 is 11.1 Å². The summed E-state index contributed by atoms with van der Waals surface area (Å²) in [5.41, 5.74) is 5.36. The van der Waals surface area contributed by atoms with E-state index in [1.165, 1.54) is 0 Å². The first-order chi connectivity index (χ1) is 5.61. The highest BCUT2D eigenvalue weighted by atomic mass is 16.1. The van der Waals surface area contributed by atoms with Gasteiger partial charge in [0.25, 0.3) is 0 Å². The van der Waals surface area contributed by atoms with Crippen molar-refractivity contribution in [2.24, 2.45) is 11.7 Å². The molecule has 0 heterocycles. The Kier molecular flexibility index (Phi) is 5.72. The first-order valence-corrected chi connectivity index (χ1v) is 4.62. The summed E-state index contributed by atoms with van der Waals surface area (Å²) in [6.07, 6.45) is 2.13. The second kappa shape index (κ2) is 6.00. The Morgan fingerprint density at radius 1 is 1.50 bits per heavy atom. The van der Waals surface area contributed by atoms with Crippen LogP contribution in [0.1, 0.15) is 33.6 Å². The highest BCUT2D eigenvalue weighted by Crippen LogP contribution is 1.97. The molecule has 0 bridgehead atoms. The lowest BCUT2D eigenvalue weighted by Crippen LogP contribution is -2.38. The molecule has 0 aromatic heterocycles. The quantitative estimate of drug-likeness (QED) is 0.647. The van der Waals surface area contributed by atoms with Gasteiger partial charge in [0.15, 0.2) is 0 Å². The van der Waals surface area contributed by atoms with Crippen LogP contribution in [0.4, 0.5) is 0 Å². The lowest BCUT2D eigenvalue weighted by molar-refractivity contribution is -0.124. The van der Waals surface area contributed by atoms with E-state index in [4.69, 9.17) is 5.73 Å². The zero-order chi connectivity index (χ0) is 9.56. The minimum Gasteiger partial charge on any atom is -0.353 e. The van der Waals surface area contributed by atoms with E-state index in [-0.39, 0.29) is 17.9 Å². The molecular formula is C9H20N2O. The van der Waals surface area contributed by atoms with Crippen LogP contribution in [0.5, 0.6) is 0 Å². The number of hydrogen-bond donors (Lipinski definition) is 2. The molecule has 0 saturated carbocycles. The molecule has 0 saturated heterocycles. The maximum Gasteiger partial charge on any atom is 0.224 e. The largest absolute Gasteiger partial charge is 0.353 e. The first-order valence-electron chi connectivity index (χ1n) is 4.62. The maximum atomic E-state index is 11.3. The normalized spacial score (nSPS) is 15.3. The summed E-state index contributed by atoms with van der Waals surface area (Å²) in [6.45, 7) is 6.39. The molecule has 0 radical (unpaired) electrons. The molecule has 0 aromatic carbocycles. The van der Waals surface area contributed by atoms with Crippen LogP contribution in [0.2, 0.25) is 0 Å². The summed E-state index contributed by atoms with van der Waals surface area (Å²) in [5, 5.41) is 2.91. The monoisotopic (exact) mass is 172 g/mol. The van der Waals surface area contributed by atoms with Gasteiger partial charge in [0, 0.05) is 18.5 Å².